The average Bonchev–Trinajstić information content (AvgIpc) is 2.57. The Balaban J connectivity index is 2.28. The molecule has 2 bridgehead atoms. The Kier molecular flexibility index (Phi) is 1.77. The second-order valence-corrected chi connectivity index (χ2v) is 3.47. The van der Waals surface area contributed by atoms with E-state index in [0.29, 0.717) is 6.42 Å². The molecule has 1 fully saturated rings. The van der Waals surface area contributed by atoms with Crippen molar-refractivity contribution in [3.63, 3.8) is 0 Å². The third-order valence-electron chi connectivity index (χ3n) is 2.71. The molecule has 0 aromatic rings. The predicted octanol–water partition coefficient (Wildman–Crippen LogP) is 2.00. The van der Waals surface area contributed by atoms with Gasteiger partial charge in [-0.3, -0.25) is 4.90 Å². The number of carbonyl (C=O) groups is 1. The summed E-state index contributed by atoms with van der Waals surface area (Å²) in [6.07, 6.45) is -3.86. The molecule has 14 heavy (non-hydrogen) atoms. The molecule has 1 N–H and O–H groups in total. The first-order chi connectivity index (χ1) is 6.41. The van der Waals surface area contributed by atoms with Gasteiger partial charge in [0.05, 0.1) is 17.7 Å². The van der Waals surface area contributed by atoms with Crippen LogP contribution in [0.1, 0.15) is 12.8 Å². The summed E-state index contributed by atoms with van der Waals surface area (Å²) in [4.78, 5) is 11.6. The number of hydrogen-bond donors (Lipinski definition) is 1. The standard InChI is InChI=1S/C8H8F3NO2/c9-8(10,11)5-3-4-1-2-6(5)12(4)7(13)14/h3-4,6H,1-2H2,(H,13,14)/t4-,6?/m1/s1. The highest BCUT2D eigenvalue weighted by Crippen LogP contribution is 2.43. The van der Waals surface area contributed by atoms with Crippen LogP contribution in [-0.2, 0) is 0 Å². The normalized spacial score (nSPS) is 30.8. The largest absolute Gasteiger partial charge is 0.465 e. The van der Waals surface area contributed by atoms with Gasteiger partial charge >= 0.3 is 12.3 Å². The fourth-order valence-electron chi connectivity index (χ4n) is 2.18. The monoisotopic (exact) mass is 207 g/mol. The zero-order valence-electron chi connectivity index (χ0n) is 7.08. The predicted molar refractivity (Wildman–Crippen MR) is 40.8 cm³/mol. The molecule has 2 aliphatic heterocycles. The van der Waals surface area contributed by atoms with E-state index in [-0.39, 0.29) is 6.42 Å². The first-order valence-corrected chi connectivity index (χ1v) is 4.21. The molecule has 78 valence electrons. The van der Waals surface area contributed by atoms with Crippen molar-refractivity contribution < 1.29 is 23.1 Å². The Morgan fingerprint density at radius 3 is 2.50 bits per heavy atom. The van der Waals surface area contributed by atoms with E-state index >= 15 is 0 Å². The van der Waals surface area contributed by atoms with Crippen LogP contribution in [0.3, 0.4) is 0 Å². The van der Waals surface area contributed by atoms with Crippen molar-refractivity contribution in [3.8, 4) is 0 Å². The van der Waals surface area contributed by atoms with Gasteiger partial charge in [-0.05, 0) is 12.8 Å². The second-order valence-electron chi connectivity index (χ2n) is 3.47. The molecule has 1 unspecified atom stereocenters. The molecule has 2 atom stereocenters. The lowest BCUT2D eigenvalue weighted by Crippen LogP contribution is -2.37. The highest BCUT2D eigenvalue weighted by atomic mass is 19.4. The molecule has 0 saturated carbocycles. The molecule has 1 saturated heterocycles. The van der Waals surface area contributed by atoms with E-state index in [9.17, 15) is 18.0 Å². The van der Waals surface area contributed by atoms with Crippen molar-refractivity contribution in [1.29, 1.82) is 0 Å². The van der Waals surface area contributed by atoms with Gasteiger partial charge in [0.25, 0.3) is 0 Å². The maximum absolute atomic E-state index is 12.4. The highest BCUT2D eigenvalue weighted by molar-refractivity contribution is 5.69. The maximum Gasteiger partial charge on any atom is 0.414 e. The van der Waals surface area contributed by atoms with E-state index in [1.807, 2.05) is 0 Å². The topological polar surface area (TPSA) is 40.5 Å². The number of hydrogen-bond acceptors (Lipinski definition) is 1. The van der Waals surface area contributed by atoms with Gasteiger partial charge in [-0.1, -0.05) is 6.08 Å². The Morgan fingerprint density at radius 1 is 1.50 bits per heavy atom. The number of fused-ring (bicyclic) bond motifs is 2. The first-order valence-electron chi connectivity index (χ1n) is 4.21. The third kappa shape index (κ3) is 1.17. The van der Waals surface area contributed by atoms with Gasteiger partial charge in [-0.25, -0.2) is 4.79 Å². The van der Waals surface area contributed by atoms with Crippen molar-refractivity contribution in [2.75, 3.05) is 0 Å². The van der Waals surface area contributed by atoms with Crippen LogP contribution in [0.5, 0.6) is 0 Å². The highest BCUT2D eigenvalue weighted by Gasteiger charge is 2.52. The van der Waals surface area contributed by atoms with Gasteiger partial charge in [0.1, 0.15) is 0 Å². The van der Waals surface area contributed by atoms with E-state index in [0.717, 1.165) is 11.0 Å². The van der Waals surface area contributed by atoms with Gasteiger partial charge in [0.15, 0.2) is 0 Å². The summed E-state index contributed by atoms with van der Waals surface area (Å²) in [6.45, 7) is 0. The minimum Gasteiger partial charge on any atom is -0.465 e. The molecule has 0 aliphatic carbocycles. The summed E-state index contributed by atoms with van der Waals surface area (Å²) >= 11 is 0. The van der Waals surface area contributed by atoms with Crippen LogP contribution in [0.15, 0.2) is 11.6 Å². The van der Waals surface area contributed by atoms with Gasteiger partial charge in [0, 0.05) is 0 Å². The van der Waals surface area contributed by atoms with Crippen molar-refractivity contribution in [2.24, 2.45) is 0 Å². The molecule has 3 nitrogen and oxygen atoms in total. The lowest BCUT2D eigenvalue weighted by Gasteiger charge is -2.21. The summed E-state index contributed by atoms with van der Waals surface area (Å²) in [6, 6.07) is -1.55. The van der Waals surface area contributed by atoms with E-state index in [2.05, 4.69) is 0 Å². The number of amides is 1. The molecule has 0 radical (unpaired) electrons. The molecular formula is C8H8F3NO2. The maximum atomic E-state index is 12.4. The number of nitrogens with zero attached hydrogens (tertiary/aromatic N) is 1. The van der Waals surface area contributed by atoms with Gasteiger partial charge in [-0.2, -0.15) is 13.2 Å². The Hall–Kier alpha value is -1.20. The second kappa shape index (κ2) is 2.65. The van der Waals surface area contributed by atoms with E-state index in [4.69, 9.17) is 5.11 Å². The molecule has 6 heteroatoms. The van der Waals surface area contributed by atoms with Crippen LogP contribution in [0, 0.1) is 0 Å². The number of alkyl halides is 3. The van der Waals surface area contributed by atoms with Gasteiger partial charge in [0.2, 0.25) is 0 Å². The SMILES string of the molecule is O=C(O)N1C2CC[C@@H]1C=C2C(F)(F)F. The molecule has 1 amide bonds. The molecule has 2 heterocycles. The average molecular weight is 207 g/mol. The third-order valence-corrected chi connectivity index (χ3v) is 2.71. The minimum absolute atomic E-state index is 0.280. The molecule has 0 aromatic heterocycles. The smallest absolute Gasteiger partial charge is 0.414 e. The fourth-order valence-corrected chi connectivity index (χ4v) is 2.18. The summed E-state index contributed by atoms with van der Waals surface area (Å²) < 4.78 is 37.1. The summed E-state index contributed by atoms with van der Waals surface area (Å²) in [5.74, 6) is 0. The Bertz CT molecular complexity index is 310. The lowest BCUT2D eigenvalue weighted by atomic mass is 9.99. The Labute approximate surface area is 77.8 Å². The van der Waals surface area contributed by atoms with E-state index in [1.54, 1.807) is 0 Å². The Morgan fingerprint density at radius 2 is 2.14 bits per heavy atom. The molecule has 2 aliphatic rings. The van der Waals surface area contributed by atoms with Gasteiger partial charge < -0.3 is 5.11 Å². The number of rotatable bonds is 0. The summed E-state index contributed by atoms with van der Waals surface area (Å²) in [5, 5.41) is 8.70. The first kappa shape index (κ1) is 9.36. The van der Waals surface area contributed by atoms with E-state index < -0.39 is 29.9 Å². The molecular weight excluding hydrogens is 199 g/mol. The summed E-state index contributed by atoms with van der Waals surface area (Å²) in [7, 11) is 0. The molecule has 0 spiro atoms. The molecule has 0 aromatic carbocycles. The lowest BCUT2D eigenvalue weighted by molar-refractivity contribution is -0.0972. The van der Waals surface area contributed by atoms with Crippen molar-refractivity contribution in [3.05, 3.63) is 11.6 Å². The van der Waals surface area contributed by atoms with Crippen LogP contribution in [0.4, 0.5) is 18.0 Å². The van der Waals surface area contributed by atoms with Crippen LogP contribution in [0.25, 0.3) is 0 Å². The van der Waals surface area contributed by atoms with Crippen molar-refractivity contribution in [1.82, 2.24) is 4.90 Å². The van der Waals surface area contributed by atoms with E-state index in [1.165, 1.54) is 0 Å². The minimum atomic E-state index is -4.40. The van der Waals surface area contributed by atoms with Crippen LogP contribution in [-0.4, -0.2) is 34.4 Å². The van der Waals surface area contributed by atoms with Crippen LogP contribution < -0.4 is 0 Å². The molecule has 2 rings (SSSR count). The summed E-state index contributed by atoms with van der Waals surface area (Å²) in [5.41, 5.74) is -0.698. The van der Waals surface area contributed by atoms with Crippen LogP contribution in [0.2, 0.25) is 0 Å². The van der Waals surface area contributed by atoms with Crippen molar-refractivity contribution in [2.45, 2.75) is 31.1 Å². The zero-order valence-corrected chi connectivity index (χ0v) is 7.08. The number of halogens is 3. The van der Waals surface area contributed by atoms with Crippen LogP contribution >= 0.6 is 0 Å². The van der Waals surface area contributed by atoms with Gasteiger partial charge in [-0.15, -0.1) is 0 Å². The fraction of sp³-hybridized carbons (Fsp3) is 0.625. The number of carboxylic acid groups (broad SMARTS) is 1. The van der Waals surface area contributed by atoms with Crippen molar-refractivity contribution >= 4 is 6.09 Å². The zero-order chi connectivity index (χ0) is 10.5. The quantitative estimate of drug-likeness (QED) is 0.617.